The van der Waals surface area contributed by atoms with Crippen LogP contribution < -0.4 is 5.32 Å². The Morgan fingerprint density at radius 2 is 2.00 bits per heavy atom. The van der Waals surface area contributed by atoms with Gasteiger partial charge in [0, 0.05) is 5.38 Å². The van der Waals surface area contributed by atoms with E-state index in [4.69, 9.17) is 0 Å². The van der Waals surface area contributed by atoms with E-state index in [1.54, 1.807) is 0 Å². The third-order valence-electron chi connectivity index (χ3n) is 2.14. The Bertz CT molecular complexity index is 610. The first-order valence-electron chi connectivity index (χ1n) is 5.00. The molecule has 100 valence electrons. The summed E-state index contributed by atoms with van der Waals surface area (Å²) in [5.74, 6) is -1.19. The standard InChI is InChI=1S/C11H7F3N2O2S/c12-11(13,14)10-16-8(5-19-10)15-9(18)6-3-1-2-4-7(6)17/h1-5,17H,(H,15,18). The van der Waals surface area contributed by atoms with Crippen LogP contribution in [-0.2, 0) is 6.18 Å². The highest BCUT2D eigenvalue weighted by Gasteiger charge is 2.34. The molecule has 0 aliphatic rings. The maximum absolute atomic E-state index is 12.3. The Balaban J connectivity index is 2.16. The third kappa shape index (κ3) is 3.02. The van der Waals surface area contributed by atoms with Crippen molar-refractivity contribution in [1.29, 1.82) is 0 Å². The van der Waals surface area contributed by atoms with E-state index < -0.39 is 17.1 Å². The van der Waals surface area contributed by atoms with Crippen molar-refractivity contribution in [3.05, 3.63) is 40.2 Å². The molecule has 0 spiro atoms. The molecule has 0 atom stereocenters. The van der Waals surface area contributed by atoms with E-state index in [-0.39, 0.29) is 17.1 Å². The molecule has 2 N–H and O–H groups in total. The van der Waals surface area contributed by atoms with E-state index in [1.165, 1.54) is 24.3 Å². The zero-order valence-electron chi connectivity index (χ0n) is 9.23. The second-order valence-electron chi connectivity index (χ2n) is 3.51. The first-order chi connectivity index (χ1) is 8.88. The number of para-hydroxylation sites is 1. The number of amides is 1. The van der Waals surface area contributed by atoms with E-state index in [0.29, 0.717) is 11.3 Å². The summed E-state index contributed by atoms with van der Waals surface area (Å²) in [7, 11) is 0. The lowest BCUT2D eigenvalue weighted by atomic mass is 10.2. The minimum absolute atomic E-state index is 0.0379. The molecule has 8 heteroatoms. The van der Waals surface area contributed by atoms with Crippen molar-refractivity contribution in [2.75, 3.05) is 5.32 Å². The quantitative estimate of drug-likeness (QED) is 0.892. The highest BCUT2D eigenvalue weighted by Crippen LogP contribution is 2.33. The third-order valence-corrected chi connectivity index (χ3v) is 3.02. The molecule has 0 radical (unpaired) electrons. The average Bonchev–Trinajstić information content (AvgIpc) is 2.77. The Labute approximate surface area is 109 Å². The number of benzene rings is 1. The van der Waals surface area contributed by atoms with Gasteiger partial charge in [-0.2, -0.15) is 13.2 Å². The van der Waals surface area contributed by atoms with E-state index in [2.05, 4.69) is 10.3 Å². The van der Waals surface area contributed by atoms with Gasteiger partial charge >= 0.3 is 6.18 Å². The van der Waals surface area contributed by atoms with Crippen LogP contribution in [0.4, 0.5) is 19.0 Å². The summed E-state index contributed by atoms with van der Waals surface area (Å²) < 4.78 is 37.0. The monoisotopic (exact) mass is 288 g/mol. The minimum Gasteiger partial charge on any atom is -0.507 e. The first kappa shape index (κ1) is 13.3. The Morgan fingerprint density at radius 3 is 2.58 bits per heavy atom. The summed E-state index contributed by atoms with van der Waals surface area (Å²) in [5.41, 5.74) is -0.0379. The number of thiazole rings is 1. The van der Waals surface area contributed by atoms with E-state index in [1.807, 2.05) is 0 Å². The number of aromatic hydroxyl groups is 1. The van der Waals surface area contributed by atoms with Gasteiger partial charge in [0.15, 0.2) is 5.01 Å². The number of anilines is 1. The molecule has 1 aromatic heterocycles. The van der Waals surface area contributed by atoms with E-state index in [0.717, 1.165) is 5.38 Å². The lowest BCUT2D eigenvalue weighted by Crippen LogP contribution is -2.13. The predicted molar refractivity (Wildman–Crippen MR) is 63.2 cm³/mol. The summed E-state index contributed by atoms with van der Waals surface area (Å²) >= 11 is 0.385. The molecule has 1 aromatic carbocycles. The van der Waals surface area contributed by atoms with E-state index in [9.17, 15) is 23.1 Å². The lowest BCUT2D eigenvalue weighted by molar-refractivity contribution is -0.137. The van der Waals surface area contributed by atoms with Gasteiger partial charge in [0.25, 0.3) is 5.91 Å². The fourth-order valence-electron chi connectivity index (χ4n) is 1.31. The highest BCUT2D eigenvalue weighted by atomic mass is 32.1. The molecule has 19 heavy (non-hydrogen) atoms. The number of nitrogens with one attached hydrogen (secondary N) is 1. The zero-order chi connectivity index (χ0) is 14.0. The van der Waals surface area contributed by atoms with Crippen molar-refractivity contribution >= 4 is 23.1 Å². The summed E-state index contributed by atoms with van der Waals surface area (Å²) in [4.78, 5) is 15.0. The number of aromatic nitrogens is 1. The fourth-order valence-corrected chi connectivity index (χ4v) is 1.93. The van der Waals surface area contributed by atoms with Gasteiger partial charge in [-0.3, -0.25) is 4.79 Å². The van der Waals surface area contributed by atoms with Crippen LogP contribution in [0.25, 0.3) is 0 Å². The molecule has 1 heterocycles. The summed E-state index contributed by atoms with van der Waals surface area (Å²) in [6.07, 6.45) is -4.54. The largest absolute Gasteiger partial charge is 0.507 e. The van der Waals surface area contributed by atoms with Crippen molar-refractivity contribution in [3.63, 3.8) is 0 Å². The Hall–Kier alpha value is -2.09. The number of nitrogens with zero attached hydrogens (tertiary/aromatic N) is 1. The van der Waals surface area contributed by atoms with Crippen molar-refractivity contribution in [3.8, 4) is 5.75 Å². The maximum Gasteiger partial charge on any atom is 0.443 e. The van der Waals surface area contributed by atoms with Gasteiger partial charge in [-0.25, -0.2) is 4.98 Å². The number of halogens is 3. The minimum atomic E-state index is -4.54. The zero-order valence-corrected chi connectivity index (χ0v) is 10.0. The number of carbonyl (C=O) groups excluding carboxylic acids is 1. The Morgan fingerprint density at radius 1 is 1.32 bits per heavy atom. The molecule has 0 unspecified atom stereocenters. The van der Waals surface area contributed by atoms with Crippen LogP contribution in [0.2, 0.25) is 0 Å². The summed E-state index contributed by atoms with van der Waals surface area (Å²) in [6.45, 7) is 0. The molecule has 1 amide bonds. The Kier molecular flexibility index (Phi) is 3.43. The lowest BCUT2D eigenvalue weighted by Gasteiger charge is -2.04. The van der Waals surface area contributed by atoms with Gasteiger partial charge in [-0.1, -0.05) is 12.1 Å². The molecule has 4 nitrogen and oxygen atoms in total. The van der Waals surface area contributed by atoms with Gasteiger partial charge in [0.2, 0.25) is 0 Å². The average molecular weight is 288 g/mol. The highest BCUT2D eigenvalue weighted by molar-refractivity contribution is 7.10. The molecule has 0 aliphatic carbocycles. The number of hydrogen-bond acceptors (Lipinski definition) is 4. The van der Waals surface area contributed by atoms with Gasteiger partial charge < -0.3 is 10.4 Å². The molecule has 2 aromatic rings. The molecule has 0 saturated carbocycles. The van der Waals surface area contributed by atoms with Crippen LogP contribution >= 0.6 is 11.3 Å². The summed E-state index contributed by atoms with van der Waals surface area (Å²) in [5, 5.41) is 11.7. The number of alkyl halides is 3. The van der Waals surface area contributed by atoms with Crippen LogP contribution in [0.15, 0.2) is 29.6 Å². The number of hydrogen-bond donors (Lipinski definition) is 2. The number of phenolic OH excluding ortho intramolecular Hbond substituents is 1. The van der Waals surface area contributed by atoms with Crippen molar-refractivity contribution < 1.29 is 23.1 Å². The van der Waals surface area contributed by atoms with Crippen LogP contribution in [0, 0.1) is 0 Å². The molecular weight excluding hydrogens is 281 g/mol. The SMILES string of the molecule is O=C(Nc1csc(C(F)(F)F)n1)c1ccccc1O. The molecular formula is C11H7F3N2O2S. The van der Waals surface area contributed by atoms with Gasteiger partial charge in [-0.15, -0.1) is 11.3 Å². The van der Waals surface area contributed by atoms with Crippen LogP contribution in [0.1, 0.15) is 15.4 Å². The van der Waals surface area contributed by atoms with Crippen LogP contribution in [0.5, 0.6) is 5.75 Å². The second kappa shape index (κ2) is 4.88. The maximum atomic E-state index is 12.3. The molecule has 0 saturated heterocycles. The number of carbonyl (C=O) groups is 1. The van der Waals surface area contributed by atoms with Gasteiger partial charge in [0.1, 0.15) is 11.6 Å². The normalized spacial score (nSPS) is 11.3. The van der Waals surface area contributed by atoms with Crippen molar-refractivity contribution in [1.82, 2.24) is 4.98 Å². The smallest absolute Gasteiger partial charge is 0.443 e. The number of phenols is 1. The van der Waals surface area contributed by atoms with Crippen molar-refractivity contribution in [2.45, 2.75) is 6.18 Å². The van der Waals surface area contributed by atoms with E-state index >= 15 is 0 Å². The fraction of sp³-hybridized carbons (Fsp3) is 0.0909. The second-order valence-corrected chi connectivity index (χ2v) is 4.37. The van der Waals surface area contributed by atoms with Crippen LogP contribution in [0.3, 0.4) is 0 Å². The first-order valence-corrected chi connectivity index (χ1v) is 5.88. The van der Waals surface area contributed by atoms with Gasteiger partial charge in [0.05, 0.1) is 5.56 Å². The topological polar surface area (TPSA) is 62.2 Å². The van der Waals surface area contributed by atoms with Crippen LogP contribution in [-0.4, -0.2) is 16.0 Å². The molecule has 0 bridgehead atoms. The predicted octanol–water partition coefficient (Wildman–Crippen LogP) is 3.12. The molecule has 0 fully saturated rings. The van der Waals surface area contributed by atoms with Crippen molar-refractivity contribution in [2.24, 2.45) is 0 Å². The molecule has 0 aliphatic heterocycles. The van der Waals surface area contributed by atoms with Gasteiger partial charge in [-0.05, 0) is 12.1 Å². The molecule has 2 rings (SSSR count). The number of rotatable bonds is 2. The summed E-state index contributed by atoms with van der Waals surface area (Å²) in [6, 6.07) is 5.70.